The van der Waals surface area contributed by atoms with Crippen molar-refractivity contribution in [3.63, 3.8) is 0 Å². The summed E-state index contributed by atoms with van der Waals surface area (Å²) in [5.41, 5.74) is 1.11. The molecule has 1 aliphatic heterocycles. The van der Waals surface area contributed by atoms with Crippen molar-refractivity contribution in [1.29, 1.82) is 0 Å². The molecule has 0 aliphatic carbocycles. The fourth-order valence-electron chi connectivity index (χ4n) is 3.97. The number of hydrogen-bond acceptors (Lipinski definition) is 5. The average Bonchev–Trinajstić information content (AvgIpc) is 2.68. The van der Waals surface area contributed by atoms with Crippen molar-refractivity contribution in [2.24, 2.45) is 0 Å². The molecular weight excluding hydrogens is 342 g/mol. The van der Waals surface area contributed by atoms with Crippen LogP contribution in [0.15, 0.2) is 24.3 Å². The topological polar surface area (TPSA) is 73.2 Å². The van der Waals surface area contributed by atoms with E-state index in [9.17, 15) is 15.3 Å². The monoisotopic (exact) mass is 379 g/mol. The Morgan fingerprint density at radius 2 is 1.56 bits per heavy atom. The van der Waals surface area contributed by atoms with Crippen LogP contribution in [-0.4, -0.2) is 58.2 Å². The quantitative estimate of drug-likeness (QED) is 0.515. The predicted molar refractivity (Wildman–Crippen MR) is 108 cm³/mol. The third kappa shape index (κ3) is 6.75. The van der Waals surface area contributed by atoms with E-state index in [4.69, 9.17) is 4.74 Å². The van der Waals surface area contributed by atoms with E-state index in [1.807, 2.05) is 24.3 Å². The summed E-state index contributed by atoms with van der Waals surface area (Å²) in [6, 6.07) is 7.74. The lowest BCUT2D eigenvalue weighted by Crippen LogP contribution is -2.60. The van der Waals surface area contributed by atoms with Gasteiger partial charge in [-0.05, 0) is 24.1 Å². The van der Waals surface area contributed by atoms with E-state index in [1.165, 1.54) is 32.1 Å². The summed E-state index contributed by atoms with van der Waals surface area (Å²) in [4.78, 5) is 2.11. The highest BCUT2D eigenvalue weighted by molar-refractivity contribution is 5.27. The molecule has 0 aromatic heterocycles. The zero-order valence-corrected chi connectivity index (χ0v) is 16.9. The van der Waals surface area contributed by atoms with Crippen molar-refractivity contribution in [3.8, 4) is 5.75 Å². The molecule has 1 fully saturated rings. The van der Waals surface area contributed by atoms with Gasteiger partial charge in [-0.25, -0.2) is 0 Å². The second-order valence-corrected chi connectivity index (χ2v) is 7.80. The van der Waals surface area contributed by atoms with Crippen molar-refractivity contribution in [2.75, 3.05) is 13.7 Å². The molecule has 1 aromatic rings. The Balaban J connectivity index is 1.90. The van der Waals surface area contributed by atoms with Gasteiger partial charge in [-0.15, -0.1) is 0 Å². The van der Waals surface area contributed by atoms with Gasteiger partial charge in [-0.2, -0.15) is 0 Å². The lowest BCUT2D eigenvalue weighted by atomic mass is 9.89. The highest BCUT2D eigenvalue weighted by Gasteiger charge is 2.40. The van der Waals surface area contributed by atoms with Gasteiger partial charge in [0.05, 0.1) is 19.3 Å². The second-order valence-electron chi connectivity index (χ2n) is 7.80. The van der Waals surface area contributed by atoms with Gasteiger partial charge in [-0.1, -0.05) is 64.0 Å². The number of aliphatic hydroxyl groups excluding tert-OH is 3. The molecule has 3 N–H and O–H groups in total. The minimum absolute atomic E-state index is 0.124. The normalized spacial score (nSPS) is 26.3. The highest BCUT2D eigenvalue weighted by atomic mass is 16.5. The number of rotatable bonds is 11. The fourth-order valence-corrected chi connectivity index (χ4v) is 3.97. The van der Waals surface area contributed by atoms with Crippen molar-refractivity contribution in [3.05, 3.63) is 29.8 Å². The molecule has 1 aliphatic rings. The van der Waals surface area contributed by atoms with E-state index >= 15 is 0 Å². The number of unbranched alkanes of at least 4 members (excludes halogenated alkanes) is 6. The van der Waals surface area contributed by atoms with Gasteiger partial charge in [0.25, 0.3) is 0 Å². The molecule has 5 nitrogen and oxygen atoms in total. The Labute approximate surface area is 164 Å². The molecule has 1 unspecified atom stereocenters. The molecule has 1 saturated heterocycles. The molecule has 2 rings (SSSR count). The molecule has 0 bridgehead atoms. The smallest absolute Gasteiger partial charge is 0.118 e. The lowest BCUT2D eigenvalue weighted by Gasteiger charge is -2.44. The summed E-state index contributed by atoms with van der Waals surface area (Å²) in [5, 5.41) is 30.8. The van der Waals surface area contributed by atoms with E-state index in [1.54, 1.807) is 7.11 Å². The maximum atomic E-state index is 10.5. The van der Waals surface area contributed by atoms with E-state index in [2.05, 4.69) is 11.8 Å². The number of hydrogen-bond donors (Lipinski definition) is 3. The summed E-state index contributed by atoms with van der Waals surface area (Å²) in [6.45, 7) is 3.25. The largest absolute Gasteiger partial charge is 0.497 e. The summed E-state index contributed by atoms with van der Waals surface area (Å²) >= 11 is 0. The molecule has 27 heavy (non-hydrogen) atoms. The number of piperidine rings is 1. The molecular formula is C22H37NO4. The zero-order chi connectivity index (χ0) is 19.6. The first kappa shape index (κ1) is 22.2. The molecule has 1 heterocycles. The maximum Gasteiger partial charge on any atom is 0.118 e. The van der Waals surface area contributed by atoms with Crippen LogP contribution >= 0.6 is 0 Å². The van der Waals surface area contributed by atoms with Crippen LogP contribution in [0.5, 0.6) is 5.75 Å². The maximum absolute atomic E-state index is 10.5. The van der Waals surface area contributed by atoms with Gasteiger partial charge in [0.1, 0.15) is 11.9 Å². The van der Waals surface area contributed by atoms with E-state index in [-0.39, 0.29) is 6.04 Å². The number of aliphatic hydroxyl groups is 3. The minimum atomic E-state index is -1.06. The fraction of sp³-hybridized carbons (Fsp3) is 0.727. The first-order chi connectivity index (χ1) is 13.1. The van der Waals surface area contributed by atoms with Gasteiger partial charge in [0.15, 0.2) is 0 Å². The number of methoxy groups -OCH3 is 1. The molecule has 0 amide bonds. The Kier molecular flexibility index (Phi) is 9.56. The van der Waals surface area contributed by atoms with Crippen LogP contribution in [0.2, 0.25) is 0 Å². The Hall–Kier alpha value is -1.14. The number of ether oxygens (including phenoxy) is 1. The van der Waals surface area contributed by atoms with Gasteiger partial charge < -0.3 is 20.1 Å². The molecule has 154 valence electrons. The number of nitrogens with zero attached hydrogens (tertiary/aromatic N) is 1. The molecule has 0 saturated carbocycles. The third-order valence-electron chi connectivity index (χ3n) is 5.68. The lowest BCUT2D eigenvalue weighted by molar-refractivity contribution is -0.140. The Morgan fingerprint density at radius 3 is 2.19 bits per heavy atom. The second kappa shape index (κ2) is 11.6. The molecule has 0 spiro atoms. The van der Waals surface area contributed by atoms with Crippen molar-refractivity contribution >= 4 is 0 Å². The van der Waals surface area contributed by atoms with Crippen LogP contribution in [0, 0.1) is 0 Å². The van der Waals surface area contributed by atoms with Gasteiger partial charge >= 0.3 is 0 Å². The van der Waals surface area contributed by atoms with Crippen LogP contribution in [0.3, 0.4) is 0 Å². The van der Waals surface area contributed by atoms with Gasteiger partial charge in [0, 0.05) is 19.1 Å². The molecule has 1 aromatic carbocycles. The Morgan fingerprint density at radius 1 is 0.926 bits per heavy atom. The van der Waals surface area contributed by atoms with Gasteiger partial charge in [-0.3, -0.25) is 4.90 Å². The van der Waals surface area contributed by atoms with E-state index < -0.39 is 18.3 Å². The van der Waals surface area contributed by atoms with Crippen LogP contribution in [-0.2, 0) is 6.54 Å². The standard InChI is InChI=1S/C22H37NO4/c1-3-4-5-6-7-8-9-10-19-21(25)22(26)20(24)16-23(19)15-17-11-13-18(27-2)14-12-17/h11-14,19-22,24-26H,3-10,15-16H2,1-2H3/t19-,20-,21?,22-/m0/s1. The number of benzene rings is 1. The molecule has 4 atom stereocenters. The molecule has 0 radical (unpaired) electrons. The van der Waals surface area contributed by atoms with E-state index in [0.717, 1.165) is 30.6 Å². The van der Waals surface area contributed by atoms with Gasteiger partial charge in [0.2, 0.25) is 0 Å². The third-order valence-corrected chi connectivity index (χ3v) is 5.68. The SMILES string of the molecule is CCCCCCCCC[C@H]1C(O)[C@@H](O)[C@@H](O)CN1Cc1ccc(OC)cc1. The van der Waals surface area contributed by atoms with Crippen molar-refractivity contribution < 1.29 is 20.1 Å². The van der Waals surface area contributed by atoms with Crippen LogP contribution in [0.1, 0.15) is 63.9 Å². The zero-order valence-electron chi connectivity index (χ0n) is 16.9. The van der Waals surface area contributed by atoms with Crippen LogP contribution in [0.25, 0.3) is 0 Å². The Bertz CT molecular complexity index is 522. The van der Waals surface area contributed by atoms with Crippen LogP contribution < -0.4 is 4.74 Å². The number of likely N-dealkylation sites (tertiary alicyclic amines) is 1. The molecule has 5 heteroatoms. The summed E-state index contributed by atoms with van der Waals surface area (Å²) in [7, 11) is 1.64. The summed E-state index contributed by atoms with van der Waals surface area (Å²) in [6.07, 6.45) is 6.52. The first-order valence-electron chi connectivity index (χ1n) is 10.5. The van der Waals surface area contributed by atoms with Crippen molar-refractivity contribution in [1.82, 2.24) is 4.90 Å². The first-order valence-corrected chi connectivity index (χ1v) is 10.5. The number of β-amino-alcohol motifs (C(OH)–C–C–N with tert-alkyl or cyclic N) is 1. The summed E-state index contributed by atoms with van der Waals surface area (Å²) < 4.78 is 5.20. The van der Waals surface area contributed by atoms with Crippen molar-refractivity contribution in [2.45, 2.75) is 89.2 Å². The van der Waals surface area contributed by atoms with Crippen LogP contribution in [0.4, 0.5) is 0 Å². The average molecular weight is 380 g/mol. The summed E-state index contributed by atoms with van der Waals surface area (Å²) in [5.74, 6) is 0.813. The highest BCUT2D eigenvalue weighted by Crippen LogP contribution is 2.26. The minimum Gasteiger partial charge on any atom is -0.497 e. The van der Waals surface area contributed by atoms with E-state index in [0.29, 0.717) is 13.1 Å². The predicted octanol–water partition coefficient (Wildman–Crippen LogP) is 3.10.